The standard InChI is InChI=1S/C21H26O4/c1-16-13-19(8-11-24-2)21(20(14-16)9-12-25-15-23)18-5-3-17(4-6-18)7-10-22/h3-6,13-15,22H,7-12H2,1-2H3. The van der Waals surface area contributed by atoms with E-state index in [0.29, 0.717) is 32.5 Å². The molecule has 0 atom stereocenters. The third-order valence-corrected chi connectivity index (χ3v) is 4.22. The van der Waals surface area contributed by atoms with Gasteiger partial charge in [-0.05, 0) is 47.6 Å². The second kappa shape index (κ2) is 9.97. The number of carbonyl (C=O) groups is 1. The lowest BCUT2D eigenvalue weighted by Gasteiger charge is -2.17. The second-order valence-corrected chi connectivity index (χ2v) is 6.09. The van der Waals surface area contributed by atoms with E-state index in [2.05, 4.69) is 43.3 Å². The average molecular weight is 342 g/mol. The van der Waals surface area contributed by atoms with Crippen molar-refractivity contribution in [1.82, 2.24) is 0 Å². The van der Waals surface area contributed by atoms with Gasteiger partial charge in [0.05, 0.1) is 13.2 Å². The summed E-state index contributed by atoms with van der Waals surface area (Å²) in [6.45, 7) is 3.74. The molecule has 0 aliphatic carbocycles. The molecule has 0 aromatic heterocycles. The van der Waals surface area contributed by atoms with Crippen LogP contribution in [-0.4, -0.2) is 38.5 Å². The zero-order valence-corrected chi connectivity index (χ0v) is 15.0. The largest absolute Gasteiger partial charge is 0.468 e. The summed E-state index contributed by atoms with van der Waals surface area (Å²) in [7, 11) is 1.71. The number of hydrogen-bond donors (Lipinski definition) is 1. The van der Waals surface area contributed by atoms with Crippen LogP contribution in [0.2, 0.25) is 0 Å². The first-order valence-electron chi connectivity index (χ1n) is 8.56. The lowest BCUT2D eigenvalue weighted by Crippen LogP contribution is -2.05. The summed E-state index contributed by atoms with van der Waals surface area (Å²) in [5, 5.41) is 9.09. The molecule has 1 N–H and O–H groups in total. The minimum atomic E-state index is 0.150. The Balaban J connectivity index is 2.43. The maximum Gasteiger partial charge on any atom is 0.293 e. The van der Waals surface area contributed by atoms with Gasteiger partial charge in [-0.3, -0.25) is 4.79 Å². The lowest BCUT2D eigenvalue weighted by atomic mass is 9.89. The summed E-state index contributed by atoms with van der Waals surface area (Å²) in [6.07, 6.45) is 2.16. The van der Waals surface area contributed by atoms with Gasteiger partial charge in [-0.15, -0.1) is 0 Å². The Morgan fingerprint density at radius 1 is 1.00 bits per heavy atom. The van der Waals surface area contributed by atoms with Crippen molar-refractivity contribution >= 4 is 6.47 Å². The van der Waals surface area contributed by atoms with Crippen molar-refractivity contribution in [3.05, 3.63) is 58.7 Å². The molecule has 0 heterocycles. The van der Waals surface area contributed by atoms with Crippen LogP contribution in [0.15, 0.2) is 36.4 Å². The van der Waals surface area contributed by atoms with Gasteiger partial charge >= 0.3 is 0 Å². The summed E-state index contributed by atoms with van der Waals surface area (Å²) < 4.78 is 10.2. The highest BCUT2D eigenvalue weighted by atomic mass is 16.5. The molecule has 4 nitrogen and oxygen atoms in total. The number of rotatable bonds is 10. The van der Waals surface area contributed by atoms with Gasteiger partial charge in [0.25, 0.3) is 6.47 Å². The molecule has 0 bridgehead atoms. The van der Waals surface area contributed by atoms with Crippen molar-refractivity contribution in [3.63, 3.8) is 0 Å². The summed E-state index contributed by atoms with van der Waals surface area (Å²) in [5.74, 6) is 0. The van der Waals surface area contributed by atoms with Crippen LogP contribution < -0.4 is 0 Å². The summed E-state index contributed by atoms with van der Waals surface area (Å²) in [6, 6.07) is 12.6. The first-order valence-corrected chi connectivity index (χ1v) is 8.56. The van der Waals surface area contributed by atoms with Crippen LogP contribution in [0.4, 0.5) is 0 Å². The fraction of sp³-hybridized carbons (Fsp3) is 0.381. The van der Waals surface area contributed by atoms with Gasteiger partial charge in [0, 0.05) is 20.1 Å². The van der Waals surface area contributed by atoms with Gasteiger partial charge in [0.1, 0.15) is 0 Å². The lowest BCUT2D eigenvalue weighted by molar-refractivity contribution is -0.128. The van der Waals surface area contributed by atoms with Gasteiger partial charge < -0.3 is 14.6 Å². The van der Waals surface area contributed by atoms with Gasteiger partial charge in [-0.25, -0.2) is 0 Å². The van der Waals surface area contributed by atoms with E-state index >= 15 is 0 Å². The van der Waals surface area contributed by atoms with Gasteiger partial charge in [0.2, 0.25) is 0 Å². The maximum atomic E-state index is 10.5. The molecule has 2 aromatic carbocycles. The minimum Gasteiger partial charge on any atom is -0.468 e. The van der Waals surface area contributed by atoms with Crippen molar-refractivity contribution in [3.8, 4) is 11.1 Å². The molecule has 0 amide bonds. The number of methoxy groups -OCH3 is 1. The molecule has 0 saturated heterocycles. The molecule has 0 aliphatic rings. The number of carbonyl (C=O) groups excluding carboxylic acids is 1. The van der Waals surface area contributed by atoms with Crippen LogP contribution in [0, 0.1) is 6.92 Å². The summed E-state index contributed by atoms with van der Waals surface area (Å²) in [5.41, 5.74) is 7.03. The van der Waals surface area contributed by atoms with E-state index < -0.39 is 0 Å². The average Bonchev–Trinajstić information content (AvgIpc) is 2.61. The Morgan fingerprint density at radius 2 is 1.64 bits per heavy atom. The van der Waals surface area contributed by atoms with E-state index in [1.165, 1.54) is 22.3 Å². The van der Waals surface area contributed by atoms with Crippen LogP contribution >= 0.6 is 0 Å². The quantitative estimate of drug-likeness (QED) is 0.532. The molecule has 2 aromatic rings. The SMILES string of the molecule is COCCc1cc(C)cc(CCOC=O)c1-c1ccc(CCO)cc1. The Morgan fingerprint density at radius 3 is 2.20 bits per heavy atom. The van der Waals surface area contributed by atoms with E-state index in [1.807, 2.05) is 0 Å². The molecule has 0 aliphatic heterocycles. The van der Waals surface area contributed by atoms with Crippen molar-refractivity contribution in [2.45, 2.75) is 26.2 Å². The van der Waals surface area contributed by atoms with Crippen LogP contribution in [0.1, 0.15) is 22.3 Å². The zero-order valence-electron chi connectivity index (χ0n) is 15.0. The third kappa shape index (κ3) is 5.41. The number of aliphatic hydroxyl groups is 1. The highest BCUT2D eigenvalue weighted by Gasteiger charge is 2.12. The number of aliphatic hydroxyl groups excluding tert-OH is 1. The molecule has 0 fully saturated rings. The van der Waals surface area contributed by atoms with E-state index in [4.69, 9.17) is 14.6 Å². The highest BCUT2D eigenvalue weighted by Crippen LogP contribution is 2.30. The smallest absolute Gasteiger partial charge is 0.293 e. The molecule has 0 unspecified atom stereocenters. The first kappa shape index (κ1) is 19.2. The fourth-order valence-electron chi connectivity index (χ4n) is 3.10. The van der Waals surface area contributed by atoms with Crippen LogP contribution in [0.3, 0.4) is 0 Å². The minimum absolute atomic E-state index is 0.150. The molecule has 134 valence electrons. The Bertz CT molecular complexity index is 677. The monoisotopic (exact) mass is 342 g/mol. The Kier molecular flexibility index (Phi) is 7.64. The Labute approximate surface area is 149 Å². The predicted molar refractivity (Wildman–Crippen MR) is 98.7 cm³/mol. The second-order valence-electron chi connectivity index (χ2n) is 6.09. The number of ether oxygens (including phenoxy) is 2. The van der Waals surface area contributed by atoms with Crippen LogP contribution in [0.5, 0.6) is 0 Å². The van der Waals surface area contributed by atoms with E-state index in [0.717, 1.165) is 17.5 Å². The molecule has 0 saturated carbocycles. The normalized spacial score (nSPS) is 10.7. The van der Waals surface area contributed by atoms with Gasteiger partial charge in [-0.1, -0.05) is 42.0 Å². The van der Waals surface area contributed by atoms with Gasteiger partial charge in [0.15, 0.2) is 0 Å². The third-order valence-electron chi connectivity index (χ3n) is 4.22. The molecular formula is C21H26O4. The number of benzene rings is 2. The molecular weight excluding hydrogens is 316 g/mol. The van der Waals surface area contributed by atoms with Crippen molar-refractivity contribution < 1.29 is 19.4 Å². The number of hydrogen-bond acceptors (Lipinski definition) is 4. The van der Waals surface area contributed by atoms with Crippen molar-refractivity contribution in [2.24, 2.45) is 0 Å². The number of aryl methyl sites for hydroxylation is 1. The topological polar surface area (TPSA) is 55.8 Å². The highest BCUT2D eigenvalue weighted by molar-refractivity contribution is 5.72. The molecule has 2 rings (SSSR count). The van der Waals surface area contributed by atoms with E-state index in [1.54, 1.807) is 7.11 Å². The van der Waals surface area contributed by atoms with Crippen molar-refractivity contribution in [1.29, 1.82) is 0 Å². The van der Waals surface area contributed by atoms with Crippen LogP contribution in [0.25, 0.3) is 11.1 Å². The van der Waals surface area contributed by atoms with Gasteiger partial charge in [-0.2, -0.15) is 0 Å². The Hall–Kier alpha value is -2.17. The zero-order chi connectivity index (χ0) is 18.1. The van der Waals surface area contributed by atoms with Crippen LogP contribution in [-0.2, 0) is 33.5 Å². The van der Waals surface area contributed by atoms with Crippen molar-refractivity contribution in [2.75, 3.05) is 26.9 Å². The molecule has 0 spiro atoms. The molecule has 25 heavy (non-hydrogen) atoms. The van der Waals surface area contributed by atoms with E-state index in [9.17, 15) is 4.79 Å². The molecule has 4 heteroatoms. The molecule has 0 radical (unpaired) electrons. The fourth-order valence-corrected chi connectivity index (χ4v) is 3.10. The summed E-state index contributed by atoms with van der Waals surface area (Å²) >= 11 is 0. The summed E-state index contributed by atoms with van der Waals surface area (Å²) in [4.78, 5) is 10.5. The maximum absolute atomic E-state index is 10.5. The predicted octanol–water partition coefficient (Wildman–Crippen LogP) is 3.10. The first-order chi connectivity index (χ1) is 12.2. The van der Waals surface area contributed by atoms with E-state index in [-0.39, 0.29) is 6.61 Å².